The first-order valence-corrected chi connectivity index (χ1v) is 12.2. The molecule has 3 N–H and O–H groups in total. The summed E-state index contributed by atoms with van der Waals surface area (Å²) in [6, 6.07) is 6.34. The van der Waals surface area contributed by atoms with Crippen molar-refractivity contribution in [3.05, 3.63) is 59.3 Å². The lowest BCUT2D eigenvalue weighted by molar-refractivity contribution is 0.596. The fourth-order valence-corrected chi connectivity index (χ4v) is 5.66. The minimum Gasteiger partial charge on any atom is -0.363 e. The van der Waals surface area contributed by atoms with Crippen LogP contribution in [0.5, 0.6) is 0 Å². The van der Waals surface area contributed by atoms with Crippen molar-refractivity contribution in [2.45, 2.75) is 29.2 Å². The van der Waals surface area contributed by atoms with E-state index in [0.29, 0.717) is 16.6 Å². The highest BCUT2D eigenvalue weighted by Crippen LogP contribution is 2.32. The fraction of sp³-hybridized carbons (Fsp3) is 0.227. The zero-order valence-corrected chi connectivity index (χ0v) is 20.4. The molecular weight excluding hydrogens is 502 g/mol. The first kappa shape index (κ1) is 24.3. The number of pyridine rings is 1. The molecule has 8 nitrogen and oxygen atoms in total. The van der Waals surface area contributed by atoms with Gasteiger partial charge in [-0.1, -0.05) is 17.7 Å². The Morgan fingerprint density at radius 2 is 2.03 bits per heavy atom. The topological polar surface area (TPSA) is 113 Å². The van der Waals surface area contributed by atoms with Gasteiger partial charge in [-0.3, -0.25) is 0 Å². The molecule has 4 heterocycles. The van der Waals surface area contributed by atoms with E-state index in [4.69, 9.17) is 11.6 Å². The molecule has 0 radical (unpaired) electrons. The van der Waals surface area contributed by atoms with E-state index >= 15 is 0 Å². The molecule has 0 spiro atoms. The third-order valence-corrected chi connectivity index (χ3v) is 7.78. The molecule has 5 rings (SSSR count). The molecule has 1 aliphatic rings. The minimum absolute atomic E-state index is 0. The van der Waals surface area contributed by atoms with Crippen LogP contribution < -0.4 is 10.6 Å². The summed E-state index contributed by atoms with van der Waals surface area (Å²) in [7, 11) is -3.91. The van der Waals surface area contributed by atoms with Crippen LogP contribution in [0.1, 0.15) is 12.0 Å². The Morgan fingerprint density at radius 1 is 1.21 bits per heavy atom. The third kappa shape index (κ3) is 4.46. The predicted molar refractivity (Wildman–Crippen MR) is 131 cm³/mol. The number of rotatable bonds is 5. The first-order valence-electron chi connectivity index (χ1n) is 10.3. The number of nitrogens with one attached hydrogen (secondary N) is 3. The summed E-state index contributed by atoms with van der Waals surface area (Å²) >= 11 is 6.22. The molecule has 178 valence electrons. The molecule has 0 unspecified atom stereocenters. The summed E-state index contributed by atoms with van der Waals surface area (Å²) in [6.45, 7) is 3.41. The van der Waals surface area contributed by atoms with Gasteiger partial charge < -0.3 is 15.6 Å². The van der Waals surface area contributed by atoms with E-state index in [1.807, 2.05) is 6.92 Å². The number of nitrogens with zero attached hydrogens (tertiary/aromatic N) is 3. The highest BCUT2D eigenvalue weighted by Gasteiger charge is 2.24. The molecule has 1 aromatic carbocycles. The van der Waals surface area contributed by atoms with E-state index < -0.39 is 15.7 Å². The summed E-state index contributed by atoms with van der Waals surface area (Å²) in [5.74, 6) is -0.201. The van der Waals surface area contributed by atoms with Gasteiger partial charge in [0.2, 0.25) is 9.84 Å². The van der Waals surface area contributed by atoms with E-state index in [1.165, 1.54) is 18.3 Å². The average molecular weight is 523 g/mol. The number of H-pyrrole nitrogens is 1. The van der Waals surface area contributed by atoms with Gasteiger partial charge in [-0.15, -0.1) is 12.4 Å². The quantitative estimate of drug-likeness (QED) is 0.360. The zero-order chi connectivity index (χ0) is 23.2. The predicted octanol–water partition coefficient (Wildman–Crippen LogP) is 4.15. The van der Waals surface area contributed by atoms with Crippen molar-refractivity contribution in [1.29, 1.82) is 0 Å². The number of aromatic nitrogens is 4. The lowest BCUT2D eigenvalue weighted by atomic mass is 10.2. The van der Waals surface area contributed by atoms with Crippen LogP contribution in [0.15, 0.2) is 52.6 Å². The second-order valence-corrected chi connectivity index (χ2v) is 10.3. The van der Waals surface area contributed by atoms with Gasteiger partial charge in [0, 0.05) is 35.9 Å². The normalized spacial score (nSPS) is 15.9. The fourth-order valence-electron chi connectivity index (χ4n) is 3.84. The van der Waals surface area contributed by atoms with Crippen LogP contribution in [0.3, 0.4) is 0 Å². The van der Waals surface area contributed by atoms with Crippen molar-refractivity contribution in [3.63, 3.8) is 0 Å². The SMILES string of the molecule is Cc1ccc(S(=O)(=O)c2cnc3[nH]cc(-c4ncc(F)c(N[C@H]5CCNC5)n4)c3c2)c(Cl)c1.Cl. The molecule has 1 atom stereocenters. The lowest BCUT2D eigenvalue weighted by Gasteiger charge is -2.13. The molecular formula is C22H21Cl2FN6O2S. The number of sulfone groups is 1. The van der Waals surface area contributed by atoms with Crippen molar-refractivity contribution < 1.29 is 12.8 Å². The molecule has 0 aliphatic carbocycles. The van der Waals surface area contributed by atoms with Crippen LogP contribution in [-0.4, -0.2) is 47.5 Å². The molecule has 0 saturated carbocycles. The number of halogens is 3. The van der Waals surface area contributed by atoms with Crippen molar-refractivity contribution in [2.24, 2.45) is 0 Å². The van der Waals surface area contributed by atoms with Gasteiger partial charge in [0.05, 0.1) is 21.0 Å². The number of aryl methyl sites for hydroxylation is 1. The molecule has 3 aromatic heterocycles. The van der Waals surface area contributed by atoms with Crippen molar-refractivity contribution >= 4 is 50.7 Å². The Balaban J connectivity index is 0.00000274. The van der Waals surface area contributed by atoms with Crippen LogP contribution in [0.25, 0.3) is 22.4 Å². The molecule has 1 fully saturated rings. The summed E-state index contributed by atoms with van der Waals surface area (Å²) in [4.78, 5) is 15.7. The minimum atomic E-state index is -3.91. The van der Waals surface area contributed by atoms with E-state index in [1.54, 1.807) is 18.3 Å². The number of benzene rings is 1. The third-order valence-electron chi connectivity index (χ3n) is 5.58. The molecule has 0 amide bonds. The van der Waals surface area contributed by atoms with E-state index in [-0.39, 0.29) is 44.9 Å². The maximum absolute atomic E-state index is 14.3. The van der Waals surface area contributed by atoms with Crippen LogP contribution in [0, 0.1) is 12.7 Å². The maximum Gasteiger partial charge on any atom is 0.209 e. The highest BCUT2D eigenvalue weighted by molar-refractivity contribution is 7.91. The summed E-state index contributed by atoms with van der Waals surface area (Å²) < 4.78 is 40.8. The first-order chi connectivity index (χ1) is 15.8. The van der Waals surface area contributed by atoms with E-state index in [0.717, 1.165) is 31.3 Å². The van der Waals surface area contributed by atoms with Gasteiger partial charge >= 0.3 is 0 Å². The Morgan fingerprint density at radius 3 is 2.76 bits per heavy atom. The Kier molecular flexibility index (Phi) is 6.77. The van der Waals surface area contributed by atoms with Gasteiger partial charge in [-0.25, -0.2) is 27.8 Å². The molecule has 34 heavy (non-hydrogen) atoms. The summed E-state index contributed by atoms with van der Waals surface area (Å²) in [5.41, 5.74) is 1.82. The second kappa shape index (κ2) is 9.46. The zero-order valence-electron chi connectivity index (χ0n) is 18.0. The van der Waals surface area contributed by atoms with Crippen LogP contribution in [-0.2, 0) is 9.84 Å². The van der Waals surface area contributed by atoms with E-state index in [2.05, 4.69) is 30.6 Å². The van der Waals surface area contributed by atoms with Gasteiger partial charge in [-0.2, -0.15) is 0 Å². The standard InChI is InChI=1S/C22H20ClFN6O2S.ClH/c1-12-2-3-19(17(23)6-12)33(31,32)14-7-15-16(10-27-20(15)26-9-14)21-28-11-18(24)22(30-21)29-13-4-5-25-8-13;/h2-3,6-7,9-11,13,25H,4-5,8H2,1H3,(H,26,27)(H,28,29,30);1H/t13-;/m0./s1. The Hall–Kier alpha value is -2.79. The smallest absolute Gasteiger partial charge is 0.209 e. The van der Waals surface area contributed by atoms with Crippen molar-refractivity contribution in [1.82, 2.24) is 25.3 Å². The highest BCUT2D eigenvalue weighted by atomic mass is 35.5. The number of hydrogen-bond acceptors (Lipinski definition) is 7. The lowest BCUT2D eigenvalue weighted by Crippen LogP contribution is -2.23. The number of fused-ring (bicyclic) bond motifs is 1. The molecule has 1 aliphatic heterocycles. The van der Waals surface area contributed by atoms with Crippen molar-refractivity contribution in [2.75, 3.05) is 18.4 Å². The average Bonchev–Trinajstić information content (AvgIpc) is 3.44. The van der Waals surface area contributed by atoms with E-state index in [9.17, 15) is 12.8 Å². The summed E-state index contributed by atoms with van der Waals surface area (Å²) in [5, 5.41) is 6.96. The second-order valence-electron chi connectivity index (χ2n) is 7.93. The van der Waals surface area contributed by atoms with Gasteiger partial charge in [0.25, 0.3) is 0 Å². The Labute approximate surface area is 206 Å². The van der Waals surface area contributed by atoms with Crippen LogP contribution >= 0.6 is 24.0 Å². The molecule has 12 heteroatoms. The van der Waals surface area contributed by atoms with Gasteiger partial charge in [0.15, 0.2) is 17.5 Å². The van der Waals surface area contributed by atoms with Crippen LogP contribution in [0.4, 0.5) is 10.2 Å². The van der Waals surface area contributed by atoms with Crippen molar-refractivity contribution in [3.8, 4) is 11.4 Å². The maximum atomic E-state index is 14.3. The number of hydrogen-bond donors (Lipinski definition) is 3. The molecule has 4 aromatic rings. The summed E-state index contributed by atoms with van der Waals surface area (Å²) in [6.07, 6.45) is 4.87. The largest absolute Gasteiger partial charge is 0.363 e. The molecule has 1 saturated heterocycles. The Bertz CT molecular complexity index is 1470. The van der Waals surface area contributed by atoms with Crippen LogP contribution in [0.2, 0.25) is 5.02 Å². The van der Waals surface area contributed by atoms with Gasteiger partial charge in [-0.05, 0) is 43.7 Å². The number of aromatic amines is 1. The van der Waals surface area contributed by atoms with Gasteiger partial charge in [0.1, 0.15) is 5.65 Å². The monoisotopic (exact) mass is 522 g/mol. The number of anilines is 1. The molecule has 0 bridgehead atoms.